The van der Waals surface area contributed by atoms with E-state index < -0.39 is 10.0 Å². The van der Waals surface area contributed by atoms with Gasteiger partial charge in [0.1, 0.15) is 4.90 Å². The van der Waals surface area contributed by atoms with Crippen LogP contribution >= 0.6 is 0 Å². The molecule has 6 nitrogen and oxygen atoms in total. The molecule has 0 spiro atoms. The normalized spacial score (nSPS) is 22.4. The molecule has 0 aromatic carbocycles. The molecule has 1 aromatic rings. The van der Waals surface area contributed by atoms with Crippen LogP contribution in [0.5, 0.6) is 0 Å². The molecule has 1 saturated heterocycles. The zero-order valence-electron chi connectivity index (χ0n) is 11.4. The Kier molecular flexibility index (Phi) is 4.29. The summed E-state index contributed by atoms with van der Waals surface area (Å²) in [5.41, 5.74) is 6.39. The third kappa shape index (κ3) is 3.00. The molecule has 1 aliphatic heterocycles. The molecular formula is C12H21N3O3S. The number of rotatable bonds is 3. The van der Waals surface area contributed by atoms with Gasteiger partial charge < -0.3 is 15.0 Å². The zero-order valence-corrected chi connectivity index (χ0v) is 12.2. The smallest absolute Gasteiger partial charge is 0.244 e. The van der Waals surface area contributed by atoms with E-state index in [2.05, 4.69) is 0 Å². The maximum Gasteiger partial charge on any atom is 0.244 e. The van der Waals surface area contributed by atoms with Crippen molar-refractivity contribution in [2.45, 2.75) is 30.9 Å². The molecule has 1 aliphatic rings. The van der Waals surface area contributed by atoms with Crippen LogP contribution in [0.1, 0.15) is 19.0 Å². The van der Waals surface area contributed by atoms with E-state index in [1.807, 2.05) is 6.92 Å². The maximum atomic E-state index is 12.6. The number of nitrogens with zero attached hydrogens (tertiary/aromatic N) is 2. The van der Waals surface area contributed by atoms with Crippen molar-refractivity contribution in [2.75, 3.05) is 19.7 Å². The monoisotopic (exact) mass is 287 g/mol. The van der Waals surface area contributed by atoms with E-state index in [0.29, 0.717) is 31.1 Å². The fourth-order valence-electron chi connectivity index (χ4n) is 2.24. The van der Waals surface area contributed by atoms with Crippen molar-refractivity contribution in [3.63, 3.8) is 0 Å². The SMILES string of the molecule is CC1CN(S(=O)(=O)c2cc(CN)n(C)c2)CCCO1. The molecule has 1 atom stereocenters. The Morgan fingerprint density at radius 2 is 2.26 bits per heavy atom. The summed E-state index contributed by atoms with van der Waals surface area (Å²) in [6.07, 6.45) is 2.27. The van der Waals surface area contributed by atoms with Crippen molar-refractivity contribution in [2.24, 2.45) is 12.8 Å². The van der Waals surface area contributed by atoms with Crippen LogP contribution in [-0.4, -0.2) is 43.1 Å². The summed E-state index contributed by atoms with van der Waals surface area (Å²) >= 11 is 0. The van der Waals surface area contributed by atoms with E-state index in [9.17, 15) is 8.42 Å². The Labute approximate surface area is 114 Å². The highest BCUT2D eigenvalue weighted by atomic mass is 32.2. The maximum absolute atomic E-state index is 12.6. The molecule has 0 aliphatic carbocycles. The molecule has 0 amide bonds. The molecule has 1 aromatic heterocycles. The molecule has 2 rings (SSSR count). The number of hydrogen-bond acceptors (Lipinski definition) is 4. The lowest BCUT2D eigenvalue weighted by Gasteiger charge is -2.20. The Bertz CT molecular complexity index is 538. The van der Waals surface area contributed by atoms with Gasteiger partial charge in [0.15, 0.2) is 0 Å². The number of aromatic nitrogens is 1. The topological polar surface area (TPSA) is 77.6 Å². The molecule has 2 heterocycles. The fourth-order valence-corrected chi connectivity index (χ4v) is 3.89. The summed E-state index contributed by atoms with van der Waals surface area (Å²) in [5.74, 6) is 0. The van der Waals surface area contributed by atoms with E-state index in [1.165, 1.54) is 4.31 Å². The van der Waals surface area contributed by atoms with Crippen LogP contribution in [0.15, 0.2) is 17.2 Å². The summed E-state index contributed by atoms with van der Waals surface area (Å²) in [6, 6.07) is 1.64. The van der Waals surface area contributed by atoms with Crippen molar-refractivity contribution in [1.82, 2.24) is 8.87 Å². The van der Waals surface area contributed by atoms with Gasteiger partial charge in [0.2, 0.25) is 10.0 Å². The first kappa shape index (κ1) is 14.5. The van der Waals surface area contributed by atoms with Crippen LogP contribution in [0.4, 0.5) is 0 Å². The Hall–Kier alpha value is -0.890. The molecule has 0 saturated carbocycles. The van der Waals surface area contributed by atoms with Crippen molar-refractivity contribution < 1.29 is 13.2 Å². The summed E-state index contributed by atoms with van der Waals surface area (Å²) < 4.78 is 33.9. The van der Waals surface area contributed by atoms with E-state index in [0.717, 1.165) is 12.1 Å². The van der Waals surface area contributed by atoms with E-state index >= 15 is 0 Å². The van der Waals surface area contributed by atoms with Gasteiger partial charge in [0.25, 0.3) is 0 Å². The predicted molar refractivity (Wildman–Crippen MR) is 72.1 cm³/mol. The summed E-state index contributed by atoms with van der Waals surface area (Å²) in [7, 11) is -1.65. The van der Waals surface area contributed by atoms with E-state index in [4.69, 9.17) is 10.5 Å². The van der Waals surface area contributed by atoms with E-state index in [1.54, 1.807) is 23.9 Å². The van der Waals surface area contributed by atoms with Gasteiger partial charge in [-0.3, -0.25) is 0 Å². The molecule has 2 N–H and O–H groups in total. The van der Waals surface area contributed by atoms with Crippen LogP contribution in [0, 0.1) is 0 Å². The molecule has 7 heteroatoms. The Morgan fingerprint density at radius 1 is 1.53 bits per heavy atom. The standard InChI is InChI=1S/C12H21N3O3S/c1-10-8-15(4-3-5-18-10)19(16,17)12-6-11(7-13)14(2)9-12/h6,9-10H,3-5,7-8,13H2,1-2H3. The molecule has 0 bridgehead atoms. The molecule has 108 valence electrons. The van der Waals surface area contributed by atoms with Crippen molar-refractivity contribution in [1.29, 1.82) is 0 Å². The second kappa shape index (κ2) is 5.62. The summed E-state index contributed by atoms with van der Waals surface area (Å²) in [6.45, 7) is 3.72. The van der Waals surface area contributed by atoms with Crippen molar-refractivity contribution in [3.05, 3.63) is 18.0 Å². The average molecular weight is 287 g/mol. The third-order valence-electron chi connectivity index (χ3n) is 3.34. The van der Waals surface area contributed by atoms with Gasteiger partial charge >= 0.3 is 0 Å². The summed E-state index contributed by atoms with van der Waals surface area (Å²) in [5, 5.41) is 0. The average Bonchev–Trinajstić information content (AvgIpc) is 2.60. The Morgan fingerprint density at radius 3 is 2.89 bits per heavy atom. The number of hydrogen-bond donors (Lipinski definition) is 1. The van der Waals surface area contributed by atoms with Crippen LogP contribution in [0.3, 0.4) is 0 Å². The van der Waals surface area contributed by atoms with Crippen LogP contribution in [-0.2, 0) is 28.4 Å². The van der Waals surface area contributed by atoms with Gasteiger partial charge in [-0.25, -0.2) is 8.42 Å². The zero-order chi connectivity index (χ0) is 14.0. The largest absolute Gasteiger partial charge is 0.377 e. The van der Waals surface area contributed by atoms with Gasteiger partial charge in [0, 0.05) is 45.2 Å². The molecule has 19 heavy (non-hydrogen) atoms. The number of sulfonamides is 1. The van der Waals surface area contributed by atoms with Gasteiger partial charge in [0.05, 0.1) is 6.10 Å². The molecule has 1 unspecified atom stereocenters. The minimum Gasteiger partial charge on any atom is -0.377 e. The first-order valence-electron chi connectivity index (χ1n) is 6.42. The number of nitrogens with two attached hydrogens (primary N) is 1. The molecular weight excluding hydrogens is 266 g/mol. The predicted octanol–water partition coefficient (Wildman–Crippen LogP) is 0.283. The first-order chi connectivity index (χ1) is 8.95. The molecule has 1 fully saturated rings. The van der Waals surface area contributed by atoms with Crippen LogP contribution in [0.25, 0.3) is 0 Å². The minimum absolute atomic E-state index is 0.0741. The summed E-state index contributed by atoms with van der Waals surface area (Å²) in [4.78, 5) is 0.310. The lowest BCUT2D eigenvalue weighted by molar-refractivity contribution is 0.0752. The van der Waals surface area contributed by atoms with Gasteiger partial charge in [-0.1, -0.05) is 0 Å². The first-order valence-corrected chi connectivity index (χ1v) is 7.86. The highest BCUT2D eigenvalue weighted by molar-refractivity contribution is 7.89. The van der Waals surface area contributed by atoms with Crippen molar-refractivity contribution >= 4 is 10.0 Å². The van der Waals surface area contributed by atoms with Gasteiger partial charge in [-0.05, 0) is 19.4 Å². The quantitative estimate of drug-likeness (QED) is 0.866. The highest BCUT2D eigenvalue weighted by Crippen LogP contribution is 2.20. The number of ether oxygens (including phenoxy) is 1. The molecule has 0 radical (unpaired) electrons. The van der Waals surface area contributed by atoms with Crippen LogP contribution < -0.4 is 5.73 Å². The van der Waals surface area contributed by atoms with Crippen LogP contribution in [0.2, 0.25) is 0 Å². The van der Waals surface area contributed by atoms with Gasteiger partial charge in [-0.2, -0.15) is 4.31 Å². The second-order valence-electron chi connectivity index (χ2n) is 4.88. The number of aryl methyl sites for hydroxylation is 1. The fraction of sp³-hybridized carbons (Fsp3) is 0.667. The van der Waals surface area contributed by atoms with E-state index in [-0.39, 0.29) is 6.10 Å². The third-order valence-corrected chi connectivity index (χ3v) is 5.18. The second-order valence-corrected chi connectivity index (χ2v) is 6.82. The van der Waals surface area contributed by atoms with Crippen molar-refractivity contribution in [3.8, 4) is 0 Å². The van der Waals surface area contributed by atoms with Gasteiger partial charge in [-0.15, -0.1) is 0 Å². The lowest BCUT2D eigenvalue weighted by Crippen LogP contribution is -2.35. The lowest BCUT2D eigenvalue weighted by atomic mass is 10.4. The minimum atomic E-state index is -3.45. The Balaban J connectivity index is 2.29. The highest BCUT2D eigenvalue weighted by Gasteiger charge is 2.28.